The average molecular weight is 351 g/mol. The van der Waals surface area contributed by atoms with E-state index in [1.54, 1.807) is 31.3 Å². The Morgan fingerprint density at radius 3 is 2.29 bits per heavy atom. The SMILES string of the molecule is CC.CNC(C)=O.O=C1C2=C(CCC2)S(=O)(=O)Cc2ccccc21. The number of rotatable bonds is 0. The Balaban J connectivity index is 0.000000356. The lowest BCUT2D eigenvalue weighted by Crippen LogP contribution is -2.11. The molecule has 0 spiro atoms. The van der Waals surface area contributed by atoms with Gasteiger partial charge in [-0.25, -0.2) is 8.42 Å². The fourth-order valence-corrected chi connectivity index (χ4v) is 4.48. The van der Waals surface area contributed by atoms with Crippen LogP contribution in [0.25, 0.3) is 0 Å². The zero-order chi connectivity index (χ0) is 18.3. The lowest BCUT2D eigenvalue weighted by Gasteiger charge is -2.05. The van der Waals surface area contributed by atoms with Crippen molar-refractivity contribution in [3.8, 4) is 0 Å². The number of benzene rings is 1. The summed E-state index contributed by atoms with van der Waals surface area (Å²) in [7, 11) is -1.68. The van der Waals surface area contributed by atoms with Crippen LogP contribution < -0.4 is 5.32 Å². The predicted molar refractivity (Wildman–Crippen MR) is 95.4 cm³/mol. The first-order chi connectivity index (χ1) is 11.4. The second-order valence-electron chi connectivity index (χ2n) is 5.31. The largest absolute Gasteiger partial charge is 0.359 e. The Kier molecular flexibility index (Phi) is 7.35. The van der Waals surface area contributed by atoms with Gasteiger partial charge in [0.05, 0.1) is 10.7 Å². The zero-order valence-corrected chi connectivity index (χ0v) is 15.5. The molecule has 0 saturated heterocycles. The first kappa shape index (κ1) is 20.1. The molecule has 0 radical (unpaired) electrons. The van der Waals surface area contributed by atoms with Crippen LogP contribution >= 0.6 is 0 Å². The van der Waals surface area contributed by atoms with Gasteiger partial charge in [0, 0.05) is 25.1 Å². The smallest absolute Gasteiger partial charge is 0.216 e. The molecule has 0 saturated carbocycles. The molecule has 0 unspecified atom stereocenters. The second kappa shape index (κ2) is 8.78. The van der Waals surface area contributed by atoms with Gasteiger partial charge in [0.2, 0.25) is 5.91 Å². The first-order valence-electron chi connectivity index (χ1n) is 8.12. The molecule has 1 aliphatic heterocycles. The molecule has 3 rings (SSSR count). The number of carbonyl (C=O) groups excluding carboxylic acids is 2. The van der Waals surface area contributed by atoms with Crippen molar-refractivity contribution in [1.82, 2.24) is 5.32 Å². The number of hydrogen-bond donors (Lipinski definition) is 1. The average Bonchev–Trinajstić information content (AvgIpc) is 3.05. The van der Waals surface area contributed by atoms with Gasteiger partial charge in [-0.2, -0.15) is 0 Å². The minimum absolute atomic E-state index is 0.00463. The summed E-state index contributed by atoms with van der Waals surface area (Å²) in [6.45, 7) is 5.47. The molecule has 6 heteroatoms. The van der Waals surface area contributed by atoms with Crippen LogP contribution in [0.1, 0.15) is 56.0 Å². The summed E-state index contributed by atoms with van der Waals surface area (Å²) >= 11 is 0. The van der Waals surface area contributed by atoms with Gasteiger partial charge in [-0.15, -0.1) is 0 Å². The minimum Gasteiger partial charge on any atom is -0.359 e. The molecule has 0 bridgehead atoms. The van der Waals surface area contributed by atoms with Gasteiger partial charge in [0.15, 0.2) is 15.6 Å². The van der Waals surface area contributed by atoms with Crippen molar-refractivity contribution in [2.45, 2.75) is 45.8 Å². The minimum atomic E-state index is -3.28. The van der Waals surface area contributed by atoms with Crippen LogP contribution in [0.5, 0.6) is 0 Å². The molecule has 0 atom stereocenters. The van der Waals surface area contributed by atoms with E-state index in [9.17, 15) is 18.0 Å². The molecule has 5 nitrogen and oxygen atoms in total. The highest BCUT2D eigenvalue weighted by molar-refractivity contribution is 7.94. The molecule has 132 valence electrons. The van der Waals surface area contributed by atoms with Gasteiger partial charge in [0.1, 0.15) is 0 Å². The van der Waals surface area contributed by atoms with Crippen molar-refractivity contribution in [3.63, 3.8) is 0 Å². The van der Waals surface area contributed by atoms with E-state index in [0.29, 0.717) is 34.4 Å². The molecular formula is C18H25NO4S. The zero-order valence-electron chi connectivity index (χ0n) is 14.7. The van der Waals surface area contributed by atoms with Crippen LogP contribution in [0.4, 0.5) is 0 Å². The molecule has 1 aromatic carbocycles. The molecule has 1 aromatic rings. The van der Waals surface area contributed by atoms with Crippen LogP contribution in [-0.2, 0) is 20.4 Å². The number of nitrogens with one attached hydrogen (secondary N) is 1. The fraction of sp³-hybridized carbons (Fsp3) is 0.444. The second-order valence-corrected chi connectivity index (χ2v) is 7.32. The van der Waals surface area contributed by atoms with Crippen molar-refractivity contribution < 1.29 is 18.0 Å². The van der Waals surface area contributed by atoms with E-state index >= 15 is 0 Å². The van der Waals surface area contributed by atoms with Crippen molar-refractivity contribution in [1.29, 1.82) is 0 Å². The van der Waals surface area contributed by atoms with E-state index in [1.807, 2.05) is 13.8 Å². The third-order valence-corrected chi connectivity index (χ3v) is 5.67. The Hall–Kier alpha value is -1.95. The van der Waals surface area contributed by atoms with E-state index in [2.05, 4.69) is 5.32 Å². The summed E-state index contributed by atoms with van der Waals surface area (Å²) in [5, 5.41) is 2.39. The quantitative estimate of drug-likeness (QED) is 0.779. The number of Topliss-reactive ketones (excluding diaryl/α,β-unsaturated/α-hetero) is 1. The molecule has 1 amide bonds. The van der Waals surface area contributed by atoms with Gasteiger partial charge in [-0.3, -0.25) is 9.59 Å². The molecule has 0 aromatic heterocycles. The fourth-order valence-electron chi connectivity index (χ4n) is 2.62. The number of ketones is 1. The summed E-state index contributed by atoms with van der Waals surface area (Å²) < 4.78 is 24.4. The number of allylic oxidation sites excluding steroid dienone is 2. The van der Waals surface area contributed by atoms with E-state index < -0.39 is 9.84 Å². The third-order valence-electron chi connectivity index (χ3n) is 3.78. The standard InChI is InChI=1S/C13H12O3S.C3H7NO.C2H6/c14-13-10-5-2-1-4-9(10)8-17(15,16)12-7-3-6-11(12)13;1-3(5)4-2;1-2/h1-2,4-5H,3,6-8H2;1-2H3,(H,4,5);1-2H3. The Bertz CT molecular complexity index is 748. The molecule has 0 fully saturated rings. The summed E-state index contributed by atoms with van der Waals surface area (Å²) in [5.74, 6) is -0.118. The lowest BCUT2D eigenvalue weighted by molar-refractivity contribution is -0.118. The topological polar surface area (TPSA) is 80.3 Å². The number of carbonyl (C=O) groups is 2. The van der Waals surface area contributed by atoms with Crippen LogP contribution in [0.15, 0.2) is 34.7 Å². The molecule has 1 aliphatic carbocycles. The number of amides is 1. The monoisotopic (exact) mass is 351 g/mol. The molecule has 2 aliphatic rings. The van der Waals surface area contributed by atoms with Crippen LogP contribution in [0.3, 0.4) is 0 Å². The van der Waals surface area contributed by atoms with Crippen molar-refractivity contribution >= 4 is 21.5 Å². The van der Waals surface area contributed by atoms with Crippen molar-refractivity contribution in [2.75, 3.05) is 7.05 Å². The summed E-state index contributed by atoms with van der Waals surface area (Å²) in [6, 6.07) is 7.01. The Morgan fingerprint density at radius 1 is 1.12 bits per heavy atom. The summed E-state index contributed by atoms with van der Waals surface area (Å²) in [5.41, 5.74) is 1.71. The van der Waals surface area contributed by atoms with Crippen LogP contribution in [0.2, 0.25) is 0 Å². The maximum atomic E-state index is 12.3. The third kappa shape index (κ3) is 4.54. The number of hydrogen-bond acceptors (Lipinski definition) is 4. The lowest BCUT2D eigenvalue weighted by atomic mass is 9.99. The highest BCUT2D eigenvalue weighted by Gasteiger charge is 2.34. The van der Waals surface area contributed by atoms with Gasteiger partial charge in [0.25, 0.3) is 0 Å². The van der Waals surface area contributed by atoms with E-state index in [-0.39, 0.29) is 17.4 Å². The van der Waals surface area contributed by atoms with E-state index in [1.165, 1.54) is 6.92 Å². The van der Waals surface area contributed by atoms with Gasteiger partial charge < -0.3 is 5.32 Å². The number of fused-ring (bicyclic) bond motifs is 1. The van der Waals surface area contributed by atoms with Gasteiger partial charge in [-0.05, 0) is 24.8 Å². The van der Waals surface area contributed by atoms with Crippen LogP contribution in [-0.4, -0.2) is 27.2 Å². The van der Waals surface area contributed by atoms with Crippen LogP contribution in [0, 0.1) is 0 Å². The predicted octanol–water partition coefficient (Wildman–Crippen LogP) is 3.01. The Morgan fingerprint density at radius 2 is 1.71 bits per heavy atom. The van der Waals surface area contributed by atoms with E-state index in [4.69, 9.17) is 0 Å². The van der Waals surface area contributed by atoms with Crippen molar-refractivity contribution in [2.24, 2.45) is 0 Å². The molecule has 1 heterocycles. The maximum Gasteiger partial charge on any atom is 0.216 e. The highest BCUT2D eigenvalue weighted by atomic mass is 32.2. The summed E-state index contributed by atoms with van der Waals surface area (Å²) in [4.78, 5) is 22.4. The highest BCUT2D eigenvalue weighted by Crippen LogP contribution is 2.37. The summed E-state index contributed by atoms with van der Waals surface area (Å²) in [6.07, 6.45) is 1.90. The molecule has 1 N–H and O–H groups in total. The first-order valence-corrected chi connectivity index (χ1v) is 9.77. The Labute approximate surface area is 144 Å². The molecular weight excluding hydrogens is 326 g/mol. The molecule has 24 heavy (non-hydrogen) atoms. The van der Waals surface area contributed by atoms with Crippen molar-refractivity contribution in [3.05, 3.63) is 45.9 Å². The maximum absolute atomic E-state index is 12.3. The van der Waals surface area contributed by atoms with E-state index in [0.717, 1.165) is 6.42 Å². The van der Waals surface area contributed by atoms with Gasteiger partial charge in [-0.1, -0.05) is 38.1 Å². The normalized spacial score (nSPS) is 17.2. The number of sulfone groups is 1. The van der Waals surface area contributed by atoms with Gasteiger partial charge >= 0.3 is 0 Å².